The van der Waals surface area contributed by atoms with Gasteiger partial charge in [-0.3, -0.25) is 4.79 Å². The first-order valence-electron chi connectivity index (χ1n) is 6.98. The standard InChI is InChI=1S/C15H22N2O2/c1-2-17-15(18)8-9-19-12-7-6-11-4-3-5-14(16)13(11)10-12/h6-7,10,14H,2-5,8-9,16H2,1H3,(H,17,18)/t14-/m1/s1. The minimum absolute atomic E-state index is 0.0251. The van der Waals surface area contributed by atoms with Crippen LogP contribution >= 0.6 is 0 Å². The van der Waals surface area contributed by atoms with Crippen LogP contribution < -0.4 is 15.8 Å². The molecule has 0 aliphatic heterocycles. The molecule has 1 amide bonds. The zero-order valence-electron chi connectivity index (χ0n) is 11.4. The van der Waals surface area contributed by atoms with Crippen molar-refractivity contribution in [2.75, 3.05) is 13.2 Å². The average molecular weight is 262 g/mol. The van der Waals surface area contributed by atoms with E-state index in [1.54, 1.807) is 0 Å². The first-order chi connectivity index (χ1) is 9.20. The van der Waals surface area contributed by atoms with Crippen LogP contribution in [0, 0.1) is 0 Å². The molecule has 0 saturated heterocycles. The molecule has 1 aromatic rings. The van der Waals surface area contributed by atoms with Gasteiger partial charge in [-0.1, -0.05) is 6.07 Å². The summed E-state index contributed by atoms with van der Waals surface area (Å²) in [6.45, 7) is 2.97. The van der Waals surface area contributed by atoms with Crippen LogP contribution in [-0.4, -0.2) is 19.1 Å². The maximum atomic E-state index is 11.3. The lowest BCUT2D eigenvalue weighted by atomic mass is 9.88. The van der Waals surface area contributed by atoms with Gasteiger partial charge in [0.2, 0.25) is 5.91 Å². The Morgan fingerprint density at radius 2 is 2.37 bits per heavy atom. The molecule has 0 unspecified atom stereocenters. The summed E-state index contributed by atoms with van der Waals surface area (Å²) < 4.78 is 5.62. The van der Waals surface area contributed by atoms with Crippen LogP contribution in [0.3, 0.4) is 0 Å². The van der Waals surface area contributed by atoms with Gasteiger partial charge in [0.25, 0.3) is 0 Å². The Balaban J connectivity index is 1.91. The number of fused-ring (bicyclic) bond motifs is 1. The van der Waals surface area contributed by atoms with Crippen LogP contribution in [-0.2, 0) is 11.2 Å². The first kappa shape index (κ1) is 13.9. The summed E-state index contributed by atoms with van der Waals surface area (Å²) in [6.07, 6.45) is 3.68. The first-order valence-corrected chi connectivity index (χ1v) is 6.98. The fraction of sp³-hybridized carbons (Fsp3) is 0.533. The molecule has 0 spiro atoms. The van der Waals surface area contributed by atoms with E-state index in [0.717, 1.165) is 25.0 Å². The highest BCUT2D eigenvalue weighted by Gasteiger charge is 2.17. The number of benzene rings is 1. The van der Waals surface area contributed by atoms with Gasteiger partial charge in [0, 0.05) is 12.6 Å². The molecule has 4 heteroatoms. The smallest absolute Gasteiger partial charge is 0.223 e. The zero-order chi connectivity index (χ0) is 13.7. The number of carbonyl (C=O) groups is 1. The highest BCUT2D eigenvalue weighted by molar-refractivity contribution is 5.75. The summed E-state index contributed by atoms with van der Waals surface area (Å²) in [5.74, 6) is 0.831. The van der Waals surface area contributed by atoms with E-state index in [1.165, 1.54) is 11.1 Å². The Labute approximate surface area is 114 Å². The van der Waals surface area contributed by atoms with Crippen molar-refractivity contribution >= 4 is 5.91 Å². The second kappa shape index (κ2) is 6.57. The molecule has 0 aromatic heterocycles. The molecule has 4 nitrogen and oxygen atoms in total. The number of aryl methyl sites for hydroxylation is 1. The monoisotopic (exact) mass is 262 g/mol. The second-order valence-corrected chi connectivity index (χ2v) is 4.91. The van der Waals surface area contributed by atoms with Crippen molar-refractivity contribution in [3.05, 3.63) is 29.3 Å². The van der Waals surface area contributed by atoms with E-state index in [-0.39, 0.29) is 11.9 Å². The third kappa shape index (κ3) is 3.70. The normalized spacial score (nSPS) is 17.7. The molecule has 0 radical (unpaired) electrons. The van der Waals surface area contributed by atoms with Crippen molar-refractivity contribution in [2.24, 2.45) is 5.73 Å². The third-order valence-electron chi connectivity index (χ3n) is 3.45. The Morgan fingerprint density at radius 1 is 1.53 bits per heavy atom. The van der Waals surface area contributed by atoms with Crippen LogP contribution in [0.25, 0.3) is 0 Å². The van der Waals surface area contributed by atoms with Gasteiger partial charge in [0.05, 0.1) is 13.0 Å². The molecule has 0 heterocycles. The summed E-state index contributed by atoms with van der Waals surface area (Å²) in [5, 5.41) is 2.75. The molecule has 1 aromatic carbocycles. The van der Waals surface area contributed by atoms with E-state index in [9.17, 15) is 4.79 Å². The lowest BCUT2D eigenvalue weighted by Gasteiger charge is -2.22. The summed E-state index contributed by atoms with van der Waals surface area (Å²) >= 11 is 0. The van der Waals surface area contributed by atoms with Gasteiger partial charge >= 0.3 is 0 Å². The van der Waals surface area contributed by atoms with Crippen LogP contribution in [0.2, 0.25) is 0 Å². The molecule has 1 atom stereocenters. The van der Waals surface area contributed by atoms with Crippen LogP contribution in [0.15, 0.2) is 18.2 Å². The summed E-state index contributed by atoms with van der Waals surface area (Å²) in [7, 11) is 0. The molecule has 0 bridgehead atoms. The molecule has 0 fully saturated rings. The summed E-state index contributed by atoms with van der Waals surface area (Å²) in [5.41, 5.74) is 8.64. The molecule has 0 saturated carbocycles. The SMILES string of the molecule is CCNC(=O)CCOc1ccc2c(c1)[C@H](N)CCC2. The van der Waals surface area contributed by atoms with Crippen LogP contribution in [0.4, 0.5) is 0 Å². The van der Waals surface area contributed by atoms with Crippen molar-refractivity contribution in [1.82, 2.24) is 5.32 Å². The molecule has 2 rings (SSSR count). The maximum Gasteiger partial charge on any atom is 0.223 e. The number of hydrogen-bond acceptors (Lipinski definition) is 3. The Kier molecular flexibility index (Phi) is 4.80. The van der Waals surface area contributed by atoms with Gasteiger partial charge in [0.1, 0.15) is 5.75 Å². The lowest BCUT2D eigenvalue weighted by molar-refractivity contribution is -0.121. The third-order valence-corrected chi connectivity index (χ3v) is 3.45. The molecular formula is C15H22N2O2. The minimum atomic E-state index is 0.0251. The number of carbonyl (C=O) groups excluding carboxylic acids is 1. The van der Waals surface area contributed by atoms with Crippen LogP contribution in [0.5, 0.6) is 5.75 Å². The number of nitrogens with two attached hydrogens (primary N) is 1. The summed E-state index contributed by atoms with van der Waals surface area (Å²) in [4.78, 5) is 11.3. The minimum Gasteiger partial charge on any atom is -0.493 e. The fourth-order valence-electron chi connectivity index (χ4n) is 2.45. The van der Waals surface area contributed by atoms with Gasteiger partial charge in [-0.15, -0.1) is 0 Å². The molecule has 104 valence electrons. The van der Waals surface area contributed by atoms with E-state index < -0.39 is 0 Å². The average Bonchev–Trinajstić information content (AvgIpc) is 2.40. The van der Waals surface area contributed by atoms with Gasteiger partial charge in [-0.25, -0.2) is 0 Å². The number of ether oxygens (including phenoxy) is 1. The molecule has 1 aliphatic rings. The summed E-state index contributed by atoms with van der Waals surface area (Å²) in [6, 6.07) is 6.21. The topological polar surface area (TPSA) is 64.3 Å². The zero-order valence-corrected chi connectivity index (χ0v) is 11.4. The van der Waals surface area contributed by atoms with Gasteiger partial charge in [-0.2, -0.15) is 0 Å². The Morgan fingerprint density at radius 3 is 3.16 bits per heavy atom. The highest BCUT2D eigenvalue weighted by Crippen LogP contribution is 2.30. The molecule has 3 N–H and O–H groups in total. The Bertz CT molecular complexity index is 446. The van der Waals surface area contributed by atoms with Crippen LogP contribution in [0.1, 0.15) is 43.4 Å². The predicted molar refractivity (Wildman–Crippen MR) is 75.1 cm³/mol. The van der Waals surface area contributed by atoms with Gasteiger partial charge in [0.15, 0.2) is 0 Å². The quantitative estimate of drug-likeness (QED) is 0.852. The molecule has 19 heavy (non-hydrogen) atoms. The predicted octanol–water partition coefficient (Wildman–Crippen LogP) is 1.93. The number of nitrogens with one attached hydrogen (secondary N) is 1. The lowest BCUT2D eigenvalue weighted by Crippen LogP contribution is -2.24. The van der Waals surface area contributed by atoms with Gasteiger partial charge in [-0.05, 0) is 49.4 Å². The van der Waals surface area contributed by atoms with Gasteiger partial charge < -0.3 is 15.8 Å². The maximum absolute atomic E-state index is 11.3. The Hall–Kier alpha value is -1.55. The second-order valence-electron chi connectivity index (χ2n) is 4.91. The molecular weight excluding hydrogens is 240 g/mol. The highest BCUT2D eigenvalue weighted by atomic mass is 16.5. The number of hydrogen-bond donors (Lipinski definition) is 2. The van der Waals surface area contributed by atoms with Crippen molar-refractivity contribution in [3.8, 4) is 5.75 Å². The van der Waals surface area contributed by atoms with Crippen molar-refractivity contribution in [2.45, 2.75) is 38.6 Å². The van der Waals surface area contributed by atoms with E-state index >= 15 is 0 Å². The van der Waals surface area contributed by atoms with E-state index in [1.807, 2.05) is 19.1 Å². The largest absolute Gasteiger partial charge is 0.493 e. The van der Waals surface area contributed by atoms with E-state index in [0.29, 0.717) is 19.6 Å². The fourth-order valence-corrected chi connectivity index (χ4v) is 2.45. The number of rotatable bonds is 5. The number of amides is 1. The van der Waals surface area contributed by atoms with E-state index in [4.69, 9.17) is 10.5 Å². The van der Waals surface area contributed by atoms with Crippen molar-refractivity contribution in [1.29, 1.82) is 0 Å². The molecule has 1 aliphatic carbocycles. The van der Waals surface area contributed by atoms with E-state index in [2.05, 4.69) is 11.4 Å². The van der Waals surface area contributed by atoms with Crippen molar-refractivity contribution < 1.29 is 9.53 Å². The van der Waals surface area contributed by atoms with Crippen molar-refractivity contribution in [3.63, 3.8) is 0 Å².